The molecule has 0 spiro atoms. The lowest BCUT2D eigenvalue weighted by Crippen LogP contribution is -2.43. The number of aromatic nitrogens is 2. The summed E-state index contributed by atoms with van der Waals surface area (Å²) in [5, 5.41) is 16.8. The summed E-state index contributed by atoms with van der Waals surface area (Å²) < 4.78 is 0. The molecule has 0 saturated carbocycles. The zero-order valence-corrected chi connectivity index (χ0v) is 12.7. The lowest BCUT2D eigenvalue weighted by Gasteiger charge is -2.33. The first kappa shape index (κ1) is 14.8. The highest BCUT2D eigenvalue weighted by Gasteiger charge is 2.27. The Morgan fingerprint density at radius 2 is 2.18 bits per heavy atom. The number of hydrogen-bond acceptors (Lipinski definition) is 3. The van der Waals surface area contributed by atoms with Crippen LogP contribution in [0.15, 0.2) is 36.4 Å². The number of nitrogens with zero attached hydrogens (tertiary/aromatic N) is 2. The highest BCUT2D eigenvalue weighted by atomic mass is 16.3. The summed E-state index contributed by atoms with van der Waals surface area (Å²) in [5.74, 6) is 0.120. The number of piperidine rings is 1. The van der Waals surface area contributed by atoms with E-state index in [0.717, 1.165) is 30.6 Å². The second kappa shape index (κ2) is 6.32. The highest BCUT2D eigenvalue weighted by molar-refractivity contribution is 5.93. The first-order valence-corrected chi connectivity index (χ1v) is 7.73. The molecule has 1 aromatic carbocycles. The molecule has 2 aromatic rings. The second-order valence-corrected chi connectivity index (χ2v) is 5.93. The number of aromatic amines is 1. The van der Waals surface area contributed by atoms with Crippen LogP contribution in [0, 0.1) is 5.92 Å². The van der Waals surface area contributed by atoms with Gasteiger partial charge in [0.15, 0.2) is 0 Å². The molecule has 1 aliphatic heterocycles. The fourth-order valence-corrected chi connectivity index (χ4v) is 2.95. The van der Waals surface area contributed by atoms with Gasteiger partial charge in [0.05, 0.1) is 11.8 Å². The maximum absolute atomic E-state index is 12.6. The molecule has 3 rings (SSSR count). The van der Waals surface area contributed by atoms with Gasteiger partial charge in [-0.15, -0.1) is 0 Å². The van der Waals surface area contributed by atoms with Gasteiger partial charge in [0, 0.05) is 24.6 Å². The Bertz CT molecular complexity index is 636. The molecular formula is C17H21N3O2. The van der Waals surface area contributed by atoms with E-state index >= 15 is 0 Å². The van der Waals surface area contributed by atoms with Gasteiger partial charge in [-0.25, -0.2) is 0 Å². The van der Waals surface area contributed by atoms with Crippen LogP contribution in [0.4, 0.5) is 0 Å². The Kier molecular flexibility index (Phi) is 4.24. The lowest BCUT2D eigenvalue weighted by molar-refractivity contribution is 0.0461. The van der Waals surface area contributed by atoms with Gasteiger partial charge in [0.25, 0.3) is 5.91 Å². The third-order valence-corrected chi connectivity index (χ3v) is 4.31. The van der Waals surface area contributed by atoms with Gasteiger partial charge in [-0.05, 0) is 25.8 Å². The van der Waals surface area contributed by atoms with Crippen molar-refractivity contribution in [3.05, 3.63) is 42.1 Å². The first-order chi connectivity index (χ1) is 10.6. The Labute approximate surface area is 130 Å². The van der Waals surface area contributed by atoms with Gasteiger partial charge in [-0.3, -0.25) is 9.89 Å². The molecule has 116 valence electrons. The van der Waals surface area contributed by atoms with E-state index < -0.39 is 0 Å². The van der Waals surface area contributed by atoms with Crippen molar-refractivity contribution in [2.24, 2.45) is 5.92 Å². The van der Waals surface area contributed by atoms with Crippen molar-refractivity contribution in [1.29, 1.82) is 0 Å². The number of benzene rings is 1. The van der Waals surface area contributed by atoms with E-state index in [1.54, 1.807) is 13.0 Å². The normalized spacial score (nSPS) is 19.9. The lowest BCUT2D eigenvalue weighted by atomic mass is 9.93. The molecule has 1 aromatic heterocycles. The van der Waals surface area contributed by atoms with Crippen LogP contribution >= 0.6 is 0 Å². The maximum atomic E-state index is 12.6. The van der Waals surface area contributed by atoms with Gasteiger partial charge in [0.2, 0.25) is 0 Å². The van der Waals surface area contributed by atoms with E-state index in [1.807, 2.05) is 35.2 Å². The minimum absolute atomic E-state index is 0.0416. The van der Waals surface area contributed by atoms with E-state index in [-0.39, 0.29) is 17.9 Å². The molecule has 0 aliphatic carbocycles. The highest BCUT2D eigenvalue weighted by Crippen LogP contribution is 2.22. The van der Waals surface area contributed by atoms with Crippen molar-refractivity contribution in [3.8, 4) is 11.3 Å². The molecule has 0 radical (unpaired) electrons. The van der Waals surface area contributed by atoms with Crippen LogP contribution in [0.5, 0.6) is 0 Å². The SMILES string of the molecule is CC(O)C1CCCN(C(=O)c2cc(-c3ccccc3)n[nH]2)C1. The molecule has 22 heavy (non-hydrogen) atoms. The second-order valence-electron chi connectivity index (χ2n) is 5.93. The molecule has 2 heterocycles. The number of hydrogen-bond donors (Lipinski definition) is 2. The Hall–Kier alpha value is -2.14. The minimum Gasteiger partial charge on any atom is -0.393 e. The number of aliphatic hydroxyl groups excluding tert-OH is 1. The van der Waals surface area contributed by atoms with Crippen molar-refractivity contribution >= 4 is 5.91 Å². The molecule has 5 nitrogen and oxygen atoms in total. The fourth-order valence-electron chi connectivity index (χ4n) is 2.95. The number of carbonyl (C=O) groups excluding carboxylic acids is 1. The van der Waals surface area contributed by atoms with E-state index in [9.17, 15) is 9.90 Å². The van der Waals surface area contributed by atoms with Crippen molar-refractivity contribution in [2.75, 3.05) is 13.1 Å². The van der Waals surface area contributed by atoms with Crippen LogP contribution in [-0.2, 0) is 0 Å². The van der Waals surface area contributed by atoms with Gasteiger partial charge in [0.1, 0.15) is 5.69 Å². The topological polar surface area (TPSA) is 69.2 Å². The Balaban J connectivity index is 1.74. The van der Waals surface area contributed by atoms with E-state index in [1.165, 1.54) is 0 Å². The molecule has 1 saturated heterocycles. The van der Waals surface area contributed by atoms with Crippen LogP contribution in [0.25, 0.3) is 11.3 Å². The fraction of sp³-hybridized carbons (Fsp3) is 0.412. The standard InChI is InChI=1S/C17H21N3O2/c1-12(21)14-8-5-9-20(11-14)17(22)16-10-15(18-19-16)13-6-3-2-4-7-13/h2-4,6-7,10,12,14,21H,5,8-9,11H2,1H3,(H,18,19). The van der Waals surface area contributed by atoms with Gasteiger partial charge in [-0.1, -0.05) is 30.3 Å². The number of H-pyrrole nitrogens is 1. The van der Waals surface area contributed by atoms with Crippen LogP contribution in [-0.4, -0.2) is 45.3 Å². The molecule has 2 unspecified atom stereocenters. The Morgan fingerprint density at radius 3 is 2.91 bits per heavy atom. The summed E-state index contributed by atoms with van der Waals surface area (Å²) in [5.41, 5.74) is 2.26. The molecule has 1 aliphatic rings. The van der Waals surface area contributed by atoms with Gasteiger partial charge >= 0.3 is 0 Å². The number of amides is 1. The number of carbonyl (C=O) groups is 1. The van der Waals surface area contributed by atoms with Gasteiger partial charge in [-0.2, -0.15) is 5.10 Å². The average molecular weight is 299 g/mol. The maximum Gasteiger partial charge on any atom is 0.271 e. The average Bonchev–Trinajstić information content (AvgIpc) is 3.05. The third kappa shape index (κ3) is 3.04. The largest absolute Gasteiger partial charge is 0.393 e. The summed E-state index contributed by atoms with van der Waals surface area (Å²) in [4.78, 5) is 14.4. The number of nitrogens with one attached hydrogen (secondary N) is 1. The number of aliphatic hydroxyl groups is 1. The summed E-state index contributed by atoms with van der Waals surface area (Å²) in [6, 6.07) is 11.6. The molecule has 0 bridgehead atoms. The quantitative estimate of drug-likeness (QED) is 0.913. The van der Waals surface area contributed by atoms with E-state index in [0.29, 0.717) is 12.2 Å². The van der Waals surface area contributed by atoms with Crippen molar-refractivity contribution in [3.63, 3.8) is 0 Å². The smallest absolute Gasteiger partial charge is 0.271 e. The molecule has 2 N–H and O–H groups in total. The predicted molar refractivity (Wildman–Crippen MR) is 84.3 cm³/mol. The van der Waals surface area contributed by atoms with Crippen LogP contribution in [0.2, 0.25) is 0 Å². The predicted octanol–water partition coefficient (Wildman–Crippen LogP) is 2.31. The molecule has 1 amide bonds. The number of rotatable bonds is 3. The first-order valence-electron chi connectivity index (χ1n) is 7.73. The summed E-state index contributed by atoms with van der Waals surface area (Å²) in [6.45, 7) is 3.14. The zero-order chi connectivity index (χ0) is 15.5. The van der Waals surface area contributed by atoms with Crippen molar-refractivity contribution in [1.82, 2.24) is 15.1 Å². The monoisotopic (exact) mass is 299 g/mol. The van der Waals surface area contributed by atoms with Crippen LogP contribution < -0.4 is 0 Å². The summed E-state index contributed by atoms with van der Waals surface area (Å²) in [7, 11) is 0. The summed E-state index contributed by atoms with van der Waals surface area (Å²) in [6.07, 6.45) is 1.53. The van der Waals surface area contributed by atoms with Crippen molar-refractivity contribution < 1.29 is 9.90 Å². The number of likely N-dealkylation sites (tertiary alicyclic amines) is 1. The summed E-state index contributed by atoms with van der Waals surface area (Å²) >= 11 is 0. The molecular weight excluding hydrogens is 278 g/mol. The molecule has 1 fully saturated rings. The van der Waals surface area contributed by atoms with Crippen LogP contribution in [0.1, 0.15) is 30.3 Å². The van der Waals surface area contributed by atoms with Crippen LogP contribution in [0.3, 0.4) is 0 Å². The van der Waals surface area contributed by atoms with Crippen molar-refractivity contribution in [2.45, 2.75) is 25.9 Å². The van der Waals surface area contributed by atoms with E-state index in [2.05, 4.69) is 10.2 Å². The Morgan fingerprint density at radius 1 is 1.41 bits per heavy atom. The minimum atomic E-state index is -0.378. The molecule has 2 atom stereocenters. The zero-order valence-electron chi connectivity index (χ0n) is 12.7. The van der Waals surface area contributed by atoms with E-state index in [4.69, 9.17) is 0 Å². The third-order valence-electron chi connectivity index (χ3n) is 4.31. The molecule has 5 heteroatoms. The van der Waals surface area contributed by atoms with Gasteiger partial charge < -0.3 is 10.0 Å².